The maximum atomic E-state index is 3.39. The first kappa shape index (κ1) is 37.6. The third-order valence-electron chi connectivity index (χ3n) is 4.83. The summed E-state index contributed by atoms with van der Waals surface area (Å²) >= 11 is 7.64. The van der Waals surface area contributed by atoms with Gasteiger partial charge in [-0.25, -0.2) is 0 Å². The maximum absolute atomic E-state index is 3.39. The van der Waals surface area contributed by atoms with Crippen LogP contribution < -0.4 is 0 Å². The number of hydrogen-bond acceptors (Lipinski definition) is 0. The molecule has 0 N–H and O–H groups in total. The Morgan fingerprint density at radius 3 is 1.19 bits per heavy atom. The van der Waals surface area contributed by atoms with E-state index in [1.807, 2.05) is 64.1 Å². The van der Waals surface area contributed by atoms with Gasteiger partial charge in [-0.05, 0) is 46.2 Å². The van der Waals surface area contributed by atoms with E-state index in [4.69, 9.17) is 0 Å². The van der Waals surface area contributed by atoms with Gasteiger partial charge in [0.15, 0.2) is 0 Å². The topological polar surface area (TPSA) is 0 Å². The number of hydrogen-bond donors (Lipinski definition) is 0. The van der Waals surface area contributed by atoms with E-state index in [-0.39, 0.29) is 0 Å². The van der Waals surface area contributed by atoms with Crippen molar-refractivity contribution in [2.45, 2.75) is 67.2 Å². The summed E-state index contributed by atoms with van der Waals surface area (Å²) in [5, 5.41) is 0. The normalized spacial score (nSPS) is 8.92. The van der Waals surface area contributed by atoms with Crippen molar-refractivity contribution in [3.63, 3.8) is 0 Å². The molecule has 0 radical (unpaired) electrons. The van der Waals surface area contributed by atoms with Gasteiger partial charge in [-0.3, -0.25) is 0 Å². The fourth-order valence-electron chi connectivity index (χ4n) is 2.88. The Kier molecular flexibility index (Phi) is 26.5. The molecule has 0 fully saturated rings. The molecule has 0 nitrogen and oxygen atoms in total. The van der Waals surface area contributed by atoms with Crippen molar-refractivity contribution in [2.24, 2.45) is 0 Å². The van der Waals surface area contributed by atoms with E-state index in [1.165, 1.54) is 38.6 Å². The monoisotopic (exact) mass is 674 g/mol. The predicted octanol–water partition coefficient (Wildman–Crippen LogP) is 12.4. The maximum Gasteiger partial charge on any atom is -0.171 e. The average molecular weight is 678 g/mol. The van der Waals surface area contributed by atoms with Gasteiger partial charge in [-0.15, -0.1) is 0 Å². The van der Waals surface area contributed by atoms with Gasteiger partial charge in [0.2, 0.25) is 0 Å². The molecule has 0 heterocycles. The van der Waals surface area contributed by atoms with E-state index in [2.05, 4.69) is 136 Å². The summed E-state index contributed by atoms with van der Waals surface area (Å²) in [5.74, 6) is 1.24. The molecule has 0 unspecified atom stereocenters. The molecule has 4 aromatic rings. The number of rotatable bonds is 3. The second kappa shape index (κ2) is 26.1. The molecule has 0 saturated heterocycles. The molecule has 0 aliphatic carbocycles. The molecular formula is C34H44Br2Zn. The Morgan fingerprint density at radius 1 is 0.514 bits per heavy atom. The zero-order valence-corrected chi connectivity index (χ0v) is 30.1. The van der Waals surface area contributed by atoms with Gasteiger partial charge < -0.3 is 0 Å². The minimum Gasteiger partial charge on any atom is -0.184 e. The fraction of sp³-hybridized carbons (Fsp3) is 0.294. The fourth-order valence-corrected chi connectivity index (χ4v) is 3.15. The first-order valence-corrected chi connectivity index (χ1v) is 20.8. The Bertz CT molecular complexity index is 939. The summed E-state index contributed by atoms with van der Waals surface area (Å²) in [6.07, 6.45) is 0. The summed E-state index contributed by atoms with van der Waals surface area (Å²) in [6.45, 7) is 16.8. The van der Waals surface area contributed by atoms with Gasteiger partial charge in [0.1, 0.15) is 0 Å². The van der Waals surface area contributed by atoms with Crippen LogP contribution in [0.2, 0.25) is 0 Å². The summed E-state index contributed by atoms with van der Waals surface area (Å²) in [4.78, 5) is 0. The molecule has 3 heteroatoms. The van der Waals surface area contributed by atoms with Crippen LogP contribution >= 0.6 is 29.6 Å². The standard InChI is InChI=1S/C15H16.C9H11Br.C6H5.2C2H6.BrH.Zn/c1-12(2)13-8-10-15(11-9-13)14-6-4-3-5-7-14;1-7(2)8-3-5-9(10)6-4-8;1-2-4-6-5-3-1;2*1-2;;/h3-12H,1-2H3;3-7H,1-2H3;1-5H;2*1-2H3;1H;/q;;-1;;;;+2/p-1. The second-order valence-corrected chi connectivity index (χ2v) is 8.84. The molecule has 196 valence electrons. The zero-order chi connectivity index (χ0) is 28.5. The molecule has 0 saturated carbocycles. The minimum atomic E-state index is 0.606. The van der Waals surface area contributed by atoms with Crippen LogP contribution in [0.25, 0.3) is 11.1 Å². The molecule has 0 amide bonds. The second-order valence-electron chi connectivity index (χ2n) is 7.93. The van der Waals surface area contributed by atoms with Crippen molar-refractivity contribution >= 4 is 29.6 Å². The smallest absolute Gasteiger partial charge is 0.171 e. The van der Waals surface area contributed by atoms with Crippen LogP contribution in [0.4, 0.5) is 0 Å². The quantitative estimate of drug-likeness (QED) is 0.150. The number of benzene rings is 4. The third kappa shape index (κ3) is 18.4. The summed E-state index contributed by atoms with van der Waals surface area (Å²) in [6, 6.07) is 40.3. The minimum absolute atomic E-state index is 0.606. The predicted molar refractivity (Wildman–Crippen MR) is 171 cm³/mol. The molecule has 0 aliphatic rings. The van der Waals surface area contributed by atoms with Crippen molar-refractivity contribution in [3.8, 4) is 11.1 Å². The van der Waals surface area contributed by atoms with E-state index in [1.54, 1.807) is 0 Å². The van der Waals surface area contributed by atoms with Crippen molar-refractivity contribution in [2.75, 3.05) is 0 Å². The van der Waals surface area contributed by atoms with Crippen molar-refractivity contribution < 1.29 is 16.3 Å². The van der Waals surface area contributed by atoms with Crippen molar-refractivity contribution in [1.82, 2.24) is 0 Å². The molecule has 4 aromatic carbocycles. The summed E-state index contributed by atoms with van der Waals surface area (Å²) < 4.78 is 1.15. The third-order valence-corrected chi connectivity index (χ3v) is 5.36. The summed E-state index contributed by atoms with van der Waals surface area (Å²) in [7, 11) is 0. The van der Waals surface area contributed by atoms with Crippen molar-refractivity contribution in [1.29, 1.82) is 0 Å². The molecule has 0 bridgehead atoms. The first-order valence-electron chi connectivity index (χ1n) is 13.1. The van der Waals surface area contributed by atoms with Crippen LogP contribution in [0, 0.1) is 6.07 Å². The van der Waals surface area contributed by atoms with E-state index >= 15 is 0 Å². The largest absolute Gasteiger partial charge is 0.184 e. The van der Waals surface area contributed by atoms with Gasteiger partial charge in [-0.2, -0.15) is 36.4 Å². The Balaban J connectivity index is 0. The zero-order valence-electron chi connectivity index (χ0n) is 24.0. The van der Waals surface area contributed by atoms with Crippen LogP contribution in [-0.4, -0.2) is 0 Å². The van der Waals surface area contributed by atoms with Gasteiger partial charge in [0, 0.05) is 4.47 Å². The van der Waals surface area contributed by atoms with Crippen LogP contribution in [0.1, 0.15) is 78.4 Å². The van der Waals surface area contributed by atoms with Gasteiger partial charge in [0.25, 0.3) is 0 Å². The first-order chi connectivity index (χ1) is 18.0. The molecular weight excluding hydrogens is 634 g/mol. The molecule has 0 aliphatic heterocycles. The Morgan fingerprint density at radius 2 is 0.865 bits per heavy atom. The Labute approximate surface area is 253 Å². The average Bonchev–Trinajstić information content (AvgIpc) is 2.98. The van der Waals surface area contributed by atoms with Crippen LogP contribution in [-0.2, 0) is 16.3 Å². The Hall–Kier alpha value is -1.54. The van der Waals surface area contributed by atoms with E-state index in [0.29, 0.717) is 11.8 Å². The van der Waals surface area contributed by atoms with Gasteiger partial charge >= 0.3 is 30.0 Å². The van der Waals surface area contributed by atoms with Crippen LogP contribution in [0.3, 0.4) is 0 Å². The van der Waals surface area contributed by atoms with Crippen LogP contribution in [0.5, 0.6) is 0 Å². The number of halogens is 2. The molecule has 0 spiro atoms. The molecule has 37 heavy (non-hydrogen) atoms. The molecule has 0 aromatic heterocycles. The molecule has 4 rings (SSSR count). The van der Waals surface area contributed by atoms with E-state index < -0.39 is 0 Å². The van der Waals surface area contributed by atoms with Gasteiger partial charge in [0.05, 0.1) is 0 Å². The molecule has 0 atom stereocenters. The van der Waals surface area contributed by atoms with Crippen LogP contribution in [0.15, 0.2) is 114 Å². The van der Waals surface area contributed by atoms with Crippen molar-refractivity contribution in [3.05, 3.63) is 131 Å². The van der Waals surface area contributed by atoms with E-state index in [9.17, 15) is 0 Å². The summed E-state index contributed by atoms with van der Waals surface area (Å²) in [5.41, 5.74) is 5.37. The van der Waals surface area contributed by atoms with Gasteiger partial charge in [-0.1, -0.05) is 138 Å². The van der Waals surface area contributed by atoms with E-state index in [0.717, 1.165) is 4.47 Å². The SMILES string of the molecule is CC.CC.CC(C)c1ccc(-c2ccccc2)cc1.CC(C)c1ccc(Br)cc1.[Zn+][Br].[c-]1ccccc1.